The molecule has 0 aromatic heterocycles. The van der Waals surface area contributed by atoms with E-state index >= 15 is 0 Å². The summed E-state index contributed by atoms with van der Waals surface area (Å²) in [5, 5.41) is 0. The predicted molar refractivity (Wildman–Crippen MR) is 119 cm³/mol. The van der Waals surface area contributed by atoms with Crippen LogP contribution in [0, 0.1) is 0 Å². The Morgan fingerprint density at radius 2 is 1.55 bits per heavy atom. The molecule has 1 unspecified atom stereocenters. The first kappa shape index (κ1) is 23.8. The Morgan fingerprint density at radius 3 is 2.13 bits per heavy atom. The monoisotopic (exact) mass is 510 g/mol. The zero-order valence-electron chi connectivity index (χ0n) is 16.5. The second-order valence-electron chi connectivity index (χ2n) is 7.21. The lowest BCUT2D eigenvalue weighted by Gasteiger charge is -2.20. The summed E-state index contributed by atoms with van der Waals surface area (Å²) in [4.78, 5) is 17.9. The van der Waals surface area contributed by atoms with E-state index in [1.165, 1.54) is 17.7 Å². The minimum absolute atomic E-state index is 0.0779. The molecule has 0 aliphatic heterocycles. The van der Waals surface area contributed by atoms with E-state index < -0.39 is 18.8 Å². The maximum atomic E-state index is 14.0. The molecule has 0 heterocycles. The van der Waals surface area contributed by atoms with Crippen LogP contribution in [0.5, 0.6) is 0 Å². The van der Waals surface area contributed by atoms with Crippen LogP contribution in [0.15, 0.2) is 83.3 Å². The van der Waals surface area contributed by atoms with Gasteiger partial charge in [-0.25, -0.2) is 0 Å². The molecule has 0 saturated carbocycles. The fourth-order valence-corrected chi connectivity index (χ4v) is 4.60. The zero-order chi connectivity index (χ0) is 22.5. The van der Waals surface area contributed by atoms with Crippen molar-refractivity contribution in [1.29, 1.82) is 0 Å². The standard InChI is InChI=1S/C23H22BrF2O4P/c24-22-14-18(11-12-21(22)23(25,26)31(27,28)29)15-30-16-20(19-9-5-2-6-10-19)13-17-7-3-1-4-8-17/h1-12,14,20H,13,15-16H2,(H2,27,28,29). The summed E-state index contributed by atoms with van der Waals surface area (Å²) in [5.41, 5.74) is -2.07. The van der Waals surface area contributed by atoms with E-state index in [0.29, 0.717) is 12.2 Å². The SMILES string of the molecule is O=P(O)(O)C(F)(F)c1ccc(COCC(Cc2ccccc2)c2ccccc2)cc1Br. The van der Waals surface area contributed by atoms with Gasteiger partial charge in [-0.1, -0.05) is 88.7 Å². The molecule has 0 spiro atoms. The topological polar surface area (TPSA) is 66.8 Å². The molecule has 0 fully saturated rings. The molecule has 164 valence electrons. The number of ether oxygens (including phenoxy) is 1. The fourth-order valence-electron chi connectivity index (χ4n) is 3.27. The largest absolute Gasteiger partial charge is 0.399 e. The van der Waals surface area contributed by atoms with E-state index in [-0.39, 0.29) is 17.0 Å². The van der Waals surface area contributed by atoms with Crippen LogP contribution in [0.3, 0.4) is 0 Å². The first-order valence-corrected chi connectivity index (χ1v) is 12.0. The molecule has 3 rings (SSSR count). The van der Waals surface area contributed by atoms with Gasteiger partial charge in [0, 0.05) is 16.0 Å². The third-order valence-electron chi connectivity index (χ3n) is 4.91. The van der Waals surface area contributed by atoms with E-state index in [4.69, 9.17) is 14.5 Å². The average Bonchev–Trinajstić information content (AvgIpc) is 2.73. The summed E-state index contributed by atoms with van der Waals surface area (Å²) in [7, 11) is -5.63. The molecule has 0 aliphatic carbocycles. The first-order chi connectivity index (χ1) is 14.7. The van der Waals surface area contributed by atoms with Gasteiger partial charge in [-0.05, 0) is 29.2 Å². The smallest absolute Gasteiger partial charge is 0.376 e. The van der Waals surface area contributed by atoms with E-state index in [1.807, 2.05) is 48.5 Å². The summed E-state index contributed by atoms with van der Waals surface area (Å²) < 4.78 is 44.9. The molecule has 3 aromatic rings. The highest BCUT2D eigenvalue weighted by atomic mass is 79.9. The Hall–Kier alpha value is -1.89. The van der Waals surface area contributed by atoms with Gasteiger partial charge in [0.1, 0.15) is 0 Å². The molecule has 31 heavy (non-hydrogen) atoms. The second kappa shape index (κ2) is 10.2. The van der Waals surface area contributed by atoms with E-state index in [1.54, 1.807) is 0 Å². The lowest BCUT2D eigenvalue weighted by Crippen LogP contribution is -2.15. The van der Waals surface area contributed by atoms with E-state index in [9.17, 15) is 13.3 Å². The van der Waals surface area contributed by atoms with Crippen molar-refractivity contribution in [1.82, 2.24) is 0 Å². The summed E-state index contributed by atoms with van der Waals surface area (Å²) in [5.74, 6) is 0.116. The minimum atomic E-state index is -5.63. The van der Waals surface area contributed by atoms with Gasteiger partial charge in [0.2, 0.25) is 0 Å². The van der Waals surface area contributed by atoms with Crippen LogP contribution in [0.25, 0.3) is 0 Å². The normalized spacial score (nSPS) is 13.2. The minimum Gasteiger partial charge on any atom is -0.376 e. The van der Waals surface area contributed by atoms with Crippen molar-refractivity contribution in [3.8, 4) is 0 Å². The van der Waals surface area contributed by atoms with Gasteiger partial charge in [0.05, 0.1) is 13.2 Å². The molecule has 0 radical (unpaired) electrons. The van der Waals surface area contributed by atoms with Crippen LogP contribution in [-0.4, -0.2) is 16.4 Å². The van der Waals surface area contributed by atoms with Crippen molar-refractivity contribution in [3.05, 3.63) is 106 Å². The third kappa shape index (κ3) is 6.09. The third-order valence-corrected chi connectivity index (χ3v) is 6.54. The van der Waals surface area contributed by atoms with Crippen LogP contribution < -0.4 is 0 Å². The number of alkyl halides is 2. The van der Waals surface area contributed by atoms with Crippen LogP contribution in [0.4, 0.5) is 8.78 Å². The zero-order valence-corrected chi connectivity index (χ0v) is 19.0. The van der Waals surface area contributed by atoms with Crippen molar-refractivity contribution < 1.29 is 27.9 Å². The van der Waals surface area contributed by atoms with E-state index in [0.717, 1.165) is 18.1 Å². The van der Waals surface area contributed by atoms with Gasteiger partial charge >= 0.3 is 13.3 Å². The molecule has 8 heteroatoms. The van der Waals surface area contributed by atoms with Crippen molar-refractivity contribution in [2.75, 3.05) is 6.61 Å². The second-order valence-corrected chi connectivity index (χ2v) is 9.72. The highest BCUT2D eigenvalue weighted by Crippen LogP contribution is 2.60. The van der Waals surface area contributed by atoms with Crippen LogP contribution in [0.2, 0.25) is 0 Å². The average molecular weight is 511 g/mol. The van der Waals surface area contributed by atoms with Crippen LogP contribution in [0.1, 0.15) is 28.2 Å². The van der Waals surface area contributed by atoms with Crippen molar-refractivity contribution in [2.45, 2.75) is 24.6 Å². The maximum absolute atomic E-state index is 14.0. The molecule has 0 bridgehead atoms. The Bertz CT molecular complexity index is 1040. The molecule has 1 atom stereocenters. The predicted octanol–water partition coefficient (Wildman–Crippen LogP) is 6.22. The summed E-state index contributed by atoms with van der Waals surface area (Å²) >= 11 is 3.00. The molecule has 0 amide bonds. The molecule has 4 nitrogen and oxygen atoms in total. The quantitative estimate of drug-likeness (QED) is 0.335. The van der Waals surface area contributed by atoms with Gasteiger partial charge in [-0.2, -0.15) is 8.78 Å². The molecule has 0 aliphatic rings. The molecular weight excluding hydrogens is 489 g/mol. The Labute approximate surface area is 188 Å². The first-order valence-electron chi connectivity index (χ1n) is 9.57. The van der Waals surface area contributed by atoms with Gasteiger partial charge in [-0.15, -0.1) is 0 Å². The van der Waals surface area contributed by atoms with Gasteiger partial charge in [0.25, 0.3) is 0 Å². The Morgan fingerprint density at radius 1 is 0.935 bits per heavy atom. The highest BCUT2D eigenvalue weighted by Gasteiger charge is 2.51. The lowest BCUT2D eigenvalue weighted by atomic mass is 9.93. The highest BCUT2D eigenvalue weighted by molar-refractivity contribution is 9.10. The van der Waals surface area contributed by atoms with Crippen LogP contribution >= 0.6 is 23.5 Å². The Balaban J connectivity index is 1.69. The number of halogens is 3. The van der Waals surface area contributed by atoms with Crippen molar-refractivity contribution in [3.63, 3.8) is 0 Å². The maximum Gasteiger partial charge on any atom is 0.399 e. The van der Waals surface area contributed by atoms with Gasteiger partial charge in [0.15, 0.2) is 0 Å². The number of hydrogen-bond acceptors (Lipinski definition) is 2. The molecule has 2 N–H and O–H groups in total. The van der Waals surface area contributed by atoms with E-state index in [2.05, 4.69) is 28.1 Å². The fraction of sp³-hybridized carbons (Fsp3) is 0.217. The number of hydrogen-bond donors (Lipinski definition) is 2. The van der Waals surface area contributed by atoms with Crippen molar-refractivity contribution >= 4 is 23.5 Å². The lowest BCUT2D eigenvalue weighted by molar-refractivity contribution is 0.0556. The van der Waals surface area contributed by atoms with Gasteiger partial charge < -0.3 is 14.5 Å². The van der Waals surface area contributed by atoms with Crippen molar-refractivity contribution in [2.24, 2.45) is 0 Å². The molecular formula is C23H22BrF2O4P. The molecule has 3 aromatic carbocycles. The van der Waals surface area contributed by atoms with Crippen LogP contribution in [-0.2, 0) is 28.0 Å². The Kier molecular flexibility index (Phi) is 7.78. The summed E-state index contributed by atoms with van der Waals surface area (Å²) in [6.07, 6.45) is 0.794. The molecule has 0 saturated heterocycles. The van der Waals surface area contributed by atoms with Gasteiger partial charge in [-0.3, -0.25) is 4.57 Å². The number of benzene rings is 3. The summed E-state index contributed by atoms with van der Waals surface area (Å²) in [6.45, 7) is 0.607. The number of rotatable bonds is 9. The summed E-state index contributed by atoms with van der Waals surface area (Å²) in [6, 6.07) is 23.9.